The van der Waals surface area contributed by atoms with Crippen LogP contribution in [0.1, 0.15) is 33.1 Å². The maximum Gasteiger partial charge on any atom is 0.344 e. The first-order valence-electron chi connectivity index (χ1n) is 8.29. The lowest BCUT2D eigenvalue weighted by atomic mass is 9.78. The predicted octanol–water partition coefficient (Wildman–Crippen LogP) is 3.20. The van der Waals surface area contributed by atoms with Crippen LogP contribution in [0.5, 0.6) is 5.75 Å². The van der Waals surface area contributed by atoms with Crippen LogP contribution in [0.3, 0.4) is 0 Å². The zero-order valence-corrected chi connectivity index (χ0v) is 14.8. The van der Waals surface area contributed by atoms with Crippen molar-refractivity contribution in [1.29, 1.82) is 0 Å². The Morgan fingerprint density at radius 3 is 2.71 bits per heavy atom. The molecule has 0 aliphatic heterocycles. The van der Waals surface area contributed by atoms with Gasteiger partial charge in [0.15, 0.2) is 13.2 Å². The van der Waals surface area contributed by atoms with Crippen LogP contribution in [0.25, 0.3) is 0 Å². The van der Waals surface area contributed by atoms with Crippen molar-refractivity contribution in [3.05, 3.63) is 29.3 Å². The van der Waals surface area contributed by atoms with Gasteiger partial charge >= 0.3 is 5.97 Å². The molecule has 0 bridgehead atoms. The number of benzene rings is 1. The summed E-state index contributed by atoms with van der Waals surface area (Å²) in [5.41, 5.74) is 0. The Morgan fingerprint density at radius 1 is 1.21 bits per heavy atom. The second-order valence-corrected chi connectivity index (χ2v) is 6.73. The zero-order valence-electron chi connectivity index (χ0n) is 14.1. The Balaban J connectivity index is 1.69. The van der Waals surface area contributed by atoms with Gasteiger partial charge in [-0.2, -0.15) is 0 Å². The Labute approximate surface area is 147 Å². The first kappa shape index (κ1) is 18.6. The number of rotatable bonds is 6. The Morgan fingerprint density at radius 2 is 1.96 bits per heavy atom. The fraction of sp³-hybridized carbons (Fsp3) is 0.556. The molecular weight excluding hydrogens is 330 g/mol. The van der Waals surface area contributed by atoms with Crippen molar-refractivity contribution in [1.82, 2.24) is 5.32 Å². The standard InChI is InChI=1S/C18H24ClNO4/c1-12-6-5-8-15(13(12)2)20-17(21)10-24-18(22)11-23-16-9-4-3-7-14(16)19/h3-4,7,9,12-13,15H,5-6,8,10-11H2,1-2H3,(H,20,21)/t12-,13+,15-/m0/s1. The number of carbonyl (C=O) groups is 2. The second-order valence-electron chi connectivity index (χ2n) is 6.32. The van der Waals surface area contributed by atoms with Crippen LogP contribution >= 0.6 is 11.6 Å². The molecule has 1 aliphatic carbocycles. The maximum absolute atomic E-state index is 11.9. The van der Waals surface area contributed by atoms with Gasteiger partial charge in [0.05, 0.1) is 5.02 Å². The number of para-hydroxylation sites is 1. The summed E-state index contributed by atoms with van der Waals surface area (Å²) in [4.78, 5) is 23.6. The van der Waals surface area contributed by atoms with Gasteiger partial charge in [-0.15, -0.1) is 0 Å². The topological polar surface area (TPSA) is 64.6 Å². The molecule has 1 aromatic rings. The third-order valence-electron chi connectivity index (χ3n) is 4.60. The van der Waals surface area contributed by atoms with Gasteiger partial charge in [-0.3, -0.25) is 4.79 Å². The molecule has 3 atom stereocenters. The lowest BCUT2D eigenvalue weighted by molar-refractivity contribution is -0.150. The zero-order chi connectivity index (χ0) is 17.5. The van der Waals surface area contributed by atoms with Crippen LogP contribution in [0.4, 0.5) is 0 Å². The van der Waals surface area contributed by atoms with E-state index in [0.717, 1.165) is 12.8 Å². The summed E-state index contributed by atoms with van der Waals surface area (Å²) < 4.78 is 10.2. The second kappa shape index (κ2) is 8.92. The molecule has 1 N–H and O–H groups in total. The van der Waals surface area contributed by atoms with Gasteiger partial charge in [0.1, 0.15) is 5.75 Å². The molecule has 0 heterocycles. The van der Waals surface area contributed by atoms with E-state index in [2.05, 4.69) is 19.2 Å². The van der Waals surface area contributed by atoms with Crippen molar-refractivity contribution in [2.45, 2.75) is 39.2 Å². The van der Waals surface area contributed by atoms with Crippen LogP contribution in [-0.4, -0.2) is 31.1 Å². The lowest BCUT2D eigenvalue weighted by Gasteiger charge is -2.34. The minimum atomic E-state index is -0.602. The molecule has 6 heteroatoms. The highest BCUT2D eigenvalue weighted by Gasteiger charge is 2.28. The van der Waals surface area contributed by atoms with Gasteiger partial charge in [0.2, 0.25) is 0 Å². The van der Waals surface area contributed by atoms with Gasteiger partial charge in [-0.1, -0.05) is 50.4 Å². The van der Waals surface area contributed by atoms with Crippen LogP contribution in [0, 0.1) is 11.8 Å². The van der Waals surface area contributed by atoms with Crippen molar-refractivity contribution < 1.29 is 19.1 Å². The maximum atomic E-state index is 11.9. The van der Waals surface area contributed by atoms with Crippen LogP contribution in [-0.2, 0) is 14.3 Å². The molecule has 1 amide bonds. The summed E-state index contributed by atoms with van der Waals surface area (Å²) in [6.45, 7) is 3.78. The van der Waals surface area contributed by atoms with Gasteiger partial charge in [-0.25, -0.2) is 4.79 Å². The molecule has 0 radical (unpaired) electrons. The lowest BCUT2D eigenvalue weighted by Crippen LogP contribution is -2.45. The van der Waals surface area contributed by atoms with Crippen LogP contribution < -0.4 is 10.1 Å². The van der Waals surface area contributed by atoms with E-state index in [1.165, 1.54) is 6.42 Å². The van der Waals surface area contributed by atoms with E-state index >= 15 is 0 Å². The summed E-state index contributed by atoms with van der Waals surface area (Å²) in [6, 6.07) is 7.01. The molecule has 2 rings (SSSR count). The quantitative estimate of drug-likeness (QED) is 0.797. The molecule has 1 saturated carbocycles. The van der Waals surface area contributed by atoms with Gasteiger partial charge < -0.3 is 14.8 Å². The summed E-state index contributed by atoms with van der Waals surface area (Å²) >= 11 is 5.93. The molecule has 1 fully saturated rings. The number of carbonyl (C=O) groups excluding carboxylic acids is 2. The molecule has 0 saturated heterocycles. The molecule has 1 aliphatic rings. The van der Waals surface area contributed by atoms with Crippen molar-refractivity contribution in [3.8, 4) is 5.75 Å². The SMILES string of the molecule is C[C@H]1[C@@H](NC(=O)COC(=O)COc2ccccc2Cl)CCC[C@@H]1C. The summed E-state index contributed by atoms with van der Waals surface area (Å²) in [5.74, 6) is 0.560. The Bertz CT molecular complexity index is 578. The molecule has 0 unspecified atom stereocenters. The number of esters is 1. The Kier molecular flexibility index (Phi) is 6.91. The van der Waals surface area contributed by atoms with E-state index in [0.29, 0.717) is 22.6 Å². The first-order chi connectivity index (χ1) is 11.5. The van der Waals surface area contributed by atoms with Crippen LogP contribution in [0.2, 0.25) is 5.02 Å². The van der Waals surface area contributed by atoms with Crippen LogP contribution in [0.15, 0.2) is 24.3 Å². The van der Waals surface area contributed by atoms with Gasteiger partial charge in [-0.05, 0) is 30.4 Å². The van der Waals surface area contributed by atoms with E-state index in [-0.39, 0.29) is 25.2 Å². The van der Waals surface area contributed by atoms with E-state index in [9.17, 15) is 9.59 Å². The summed E-state index contributed by atoms with van der Waals surface area (Å²) in [6.07, 6.45) is 3.28. The summed E-state index contributed by atoms with van der Waals surface area (Å²) in [5, 5.41) is 3.38. The molecular formula is C18H24ClNO4. The molecule has 1 aromatic carbocycles. The van der Waals surface area contributed by atoms with E-state index in [4.69, 9.17) is 21.1 Å². The largest absolute Gasteiger partial charge is 0.480 e. The number of nitrogens with one attached hydrogen (secondary N) is 1. The highest BCUT2D eigenvalue weighted by atomic mass is 35.5. The monoisotopic (exact) mass is 353 g/mol. The Hall–Kier alpha value is -1.75. The predicted molar refractivity (Wildman–Crippen MR) is 92.0 cm³/mol. The molecule has 0 spiro atoms. The van der Waals surface area contributed by atoms with Crippen molar-refractivity contribution in [2.24, 2.45) is 11.8 Å². The van der Waals surface area contributed by atoms with Crippen molar-refractivity contribution in [3.63, 3.8) is 0 Å². The normalized spacial score (nSPS) is 23.4. The van der Waals surface area contributed by atoms with E-state index in [1.54, 1.807) is 24.3 Å². The van der Waals surface area contributed by atoms with E-state index < -0.39 is 5.97 Å². The minimum absolute atomic E-state index is 0.152. The average Bonchev–Trinajstić information content (AvgIpc) is 2.56. The highest BCUT2D eigenvalue weighted by Crippen LogP contribution is 2.29. The number of hydrogen-bond acceptors (Lipinski definition) is 4. The van der Waals surface area contributed by atoms with Crippen molar-refractivity contribution >= 4 is 23.5 Å². The van der Waals surface area contributed by atoms with E-state index in [1.807, 2.05) is 0 Å². The number of amides is 1. The molecule has 132 valence electrons. The fourth-order valence-electron chi connectivity index (χ4n) is 2.92. The minimum Gasteiger partial charge on any atom is -0.480 e. The highest BCUT2D eigenvalue weighted by molar-refractivity contribution is 6.32. The third-order valence-corrected chi connectivity index (χ3v) is 4.91. The average molecular weight is 354 g/mol. The van der Waals surface area contributed by atoms with Crippen molar-refractivity contribution in [2.75, 3.05) is 13.2 Å². The third kappa shape index (κ3) is 5.41. The molecule has 5 nitrogen and oxygen atoms in total. The number of halogens is 1. The first-order valence-corrected chi connectivity index (χ1v) is 8.67. The number of ether oxygens (including phenoxy) is 2. The molecule has 0 aromatic heterocycles. The smallest absolute Gasteiger partial charge is 0.344 e. The number of hydrogen-bond donors (Lipinski definition) is 1. The summed E-state index contributed by atoms with van der Waals surface area (Å²) in [7, 11) is 0. The molecule has 24 heavy (non-hydrogen) atoms. The van der Waals surface area contributed by atoms with Gasteiger partial charge in [0.25, 0.3) is 5.91 Å². The van der Waals surface area contributed by atoms with Gasteiger partial charge in [0, 0.05) is 6.04 Å². The fourth-order valence-corrected chi connectivity index (χ4v) is 3.11.